The fraction of sp³-hybridized carbons (Fsp3) is 0.680. The zero-order valence-electron chi connectivity index (χ0n) is 18.6. The van der Waals surface area contributed by atoms with E-state index in [1.54, 1.807) is 0 Å². The summed E-state index contributed by atoms with van der Waals surface area (Å²) in [5.74, 6) is -1.74. The van der Waals surface area contributed by atoms with Gasteiger partial charge in [0.25, 0.3) is 0 Å². The summed E-state index contributed by atoms with van der Waals surface area (Å²) in [7, 11) is 0. The molecule has 0 aromatic heterocycles. The monoisotopic (exact) mass is 446 g/mol. The van der Waals surface area contributed by atoms with Crippen LogP contribution in [-0.4, -0.2) is 53.9 Å². The molecular formula is C25H34O7. The summed E-state index contributed by atoms with van der Waals surface area (Å²) in [6.07, 6.45) is 5.90. The number of unbranched alkanes of at least 4 members (excludes halogenated alkanes) is 1. The molecule has 3 saturated heterocycles. The van der Waals surface area contributed by atoms with Crippen molar-refractivity contribution in [2.24, 2.45) is 0 Å². The molecule has 1 N–H and O–H groups in total. The van der Waals surface area contributed by atoms with Crippen LogP contribution in [0.3, 0.4) is 0 Å². The Morgan fingerprint density at radius 3 is 2.56 bits per heavy atom. The Hall–Kier alpha value is -1.96. The SMILES string of the molecule is O=C1C[C@H](CO)OC(=O)C[C@H]2CCC[C@@]3(C[C@@H](C[C@@H](CCCCc4ccccc4)O3)O1)O2. The van der Waals surface area contributed by atoms with Gasteiger partial charge in [-0.2, -0.15) is 0 Å². The molecule has 7 heteroatoms. The highest BCUT2D eigenvalue weighted by Gasteiger charge is 2.47. The number of carbonyl (C=O) groups is 2. The first-order chi connectivity index (χ1) is 15.5. The second-order valence-electron chi connectivity index (χ2n) is 9.27. The molecule has 0 amide bonds. The summed E-state index contributed by atoms with van der Waals surface area (Å²) in [5, 5.41) is 9.49. The highest BCUT2D eigenvalue weighted by atomic mass is 16.7. The van der Waals surface area contributed by atoms with Crippen molar-refractivity contribution in [2.45, 2.75) is 101 Å². The average molecular weight is 447 g/mol. The van der Waals surface area contributed by atoms with Crippen LogP contribution in [0.1, 0.15) is 69.8 Å². The number of hydrogen-bond acceptors (Lipinski definition) is 7. The molecule has 3 aliphatic heterocycles. The lowest BCUT2D eigenvalue weighted by Crippen LogP contribution is -2.53. The Morgan fingerprint density at radius 2 is 1.75 bits per heavy atom. The van der Waals surface area contributed by atoms with E-state index in [0.29, 0.717) is 12.8 Å². The second kappa shape index (κ2) is 10.8. The fourth-order valence-electron chi connectivity index (χ4n) is 5.12. The number of cyclic esters (lactones) is 1. The van der Waals surface area contributed by atoms with Crippen molar-refractivity contribution in [3.05, 3.63) is 35.9 Å². The maximum Gasteiger partial charge on any atom is 0.309 e. The molecule has 5 atom stereocenters. The van der Waals surface area contributed by atoms with Crippen molar-refractivity contribution in [3.8, 4) is 0 Å². The van der Waals surface area contributed by atoms with E-state index in [9.17, 15) is 14.7 Å². The van der Waals surface area contributed by atoms with Crippen molar-refractivity contribution in [3.63, 3.8) is 0 Å². The van der Waals surface area contributed by atoms with E-state index in [4.69, 9.17) is 18.9 Å². The molecule has 3 fully saturated rings. The quantitative estimate of drug-likeness (QED) is 0.529. The van der Waals surface area contributed by atoms with Gasteiger partial charge < -0.3 is 24.1 Å². The summed E-state index contributed by atoms with van der Waals surface area (Å²) in [4.78, 5) is 24.8. The molecule has 0 unspecified atom stereocenters. The molecule has 3 heterocycles. The average Bonchev–Trinajstić information content (AvgIpc) is 2.76. The molecular weight excluding hydrogens is 412 g/mol. The summed E-state index contributed by atoms with van der Waals surface area (Å²) in [5.41, 5.74) is 1.33. The number of carbonyl (C=O) groups excluding carboxylic acids is 2. The molecule has 0 aliphatic carbocycles. The summed E-state index contributed by atoms with van der Waals surface area (Å²) < 4.78 is 23.8. The third-order valence-corrected chi connectivity index (χ3v) is 6.58. The molecule has 1 aromatic rings. The van der Waals surface area contributed by atoms with Gasteiger partial charge in [0, 0.05) is 19.3 Å². The van der Waals surface area contributed by atoms with Crippen molar-refractivity contribution in [1.82, 2.24) is 0 Å². The number of benzene rings is 1. The molecule has 0 radical (unpaired) electrons. The number of rotatable bonds is 6. The highest BCUT2D eigenvalue weighted by molar-refractivity contribution is 5.73. The van der Waals surface area contributed by atoms with Gasteiger partial charge in [-0.15, -0.1) is 0 Å². The van der Waals surface area contributed by atoms with Crippen molar-refractivity contribution >= 4 is 11.9 Å². The van der Waals surface area contributed by atoms with Gasteiger partial charge in [-0.3, -0.25) is 9.59 Å². The predicted octanol–water partition coefficient (Wildman–Crippen LogP) is 3.45. The minimum atomic E-state index is -0.878. The number of hydrogen-bond donors (Lipinski definition) is 1. The van der Waals surface area contributed by atoms with E-state index in [-0.39, 0.29) is 31.2 Å². The number of aliphatic hydroxyl groups excluding tert-OH is 1. The number of fused-ring (bicyclic) bond motifs is 2. The van der Waals surface area contributed by atoms with Gasteiger partial charge in [0.2, 0.25) is 0 Å². The van der Waals surface area contributed by atoms with Gasteiger partial charge in [-0.1, -0.05) is 36.8 Å². The van der Waals surface area contributed by atoms with Crippen molar-refractivity contribution in [1.29, 1.82) is 0 Å². The van der Waals surface area contributed by atoms with Gasteiger partial charge in [-0.25, -0.2) is 0 Å². The number of ether oxygens (including phenoxy) is 4. The molecule has 1 spiro atoms. The maximum atomic E-state index is 12.5. The topological polar surface area (TPSA) is 91.3 Å². The largest absolute Gasteiger partial charge is 0.462 e. The van der Waals surface area contributed by atoms with E-state index in [2.05, 4.69) is 24.3 Å². The second-order valence-corrected chi connectivity index (χ2v) is 9.27. The van der Waals surface area contributed by atoms with Gasteiger partial charge in [0.05, 0.1) is 31.7 Å². The van der Waals surface area contributed by atoms with E-state index in [1.165, 1.54) is 5.56 Å². The van der Waals surface area contributed by atoms with Gasteiger partial charge in [0.15, 0.2) is 5.79 Å². The van der Waals surface area contributed by atoms with Crippen molar-refractivity contribution < 1.29 is 33.6 Å². The van der Waals surface area contributed by atoms with Gasteiger partial charge in [-0.05, 0) is 37.7 Å². The van der Waals surface area contributed by atoms with Crippen LogP contribution in [0.4, 0.5) is 0 Å². The summed E-state index contributed by atoms with van der Waals surface area (Å²) in [6, 6.07) is 10.4. The van der Waals surface area contributed by atoms with Crippen LogP contribution in [0.5, 0.6) is 0 Å². The Bertz CT molecular complexity index is 763. The smallest absolute Gasteiger partial charge is 0.309 e. The van der Waals surface area contributed by atoms with E-state index < -0.39 is 30.4 Å². The molecule has 7 nitrogen and oxygen atoms in total. The van der Waals surface area contributed by atoms with Crippen molar-refractivity contribution in [2.75, 3.05) is 6.61 Å². The Morgan fingerprint density at radius 1 is 0.938 bits per heavy atom. The number of aliphatic hydroxyl groups is 1. The van der Waals surface area contributed by atoms with Crippen LogP contribution < -0.4 is 0 Å². The van der Waals surface area contributed by atoms with Crippen LogP contribution in [0.15, 0.2) is 30.3 Å². The highest BCUT2D eigenvalue weighted by Crippen LogP contribution is 2.42. The molecule has 1 aromatic carbocycles. The Kier molecular flexibility index (Phi) is 7.81. The van der Waals surface area contributed by atoms with Crippen LogP contribution in [0, 0.1) is 0 Å². The number of aryl methyl sites for hydroxylation is 1. The third kappa shape index (κ3) is 6.30. The van der Waals surface area contributed by atoms with E-state index in [0.717, 1.165) is 44.9 Å². The van der Waals surface area contributed by atoms with Crippen LogP contribution in [0.2, 0.25) is 0 Å². The minimum absolute atomic E-state index is 0.0559. The van der Waals surface area contributed by atoms with Gasteiger partial charge in [0.1, 0.15) is 12.2 Å². The normalized spacial score (nSPS) is 33.4. The standard InChI is InChI=1S/C25H34O7/c26-17-22-15-24(28)29-21-13-19(10-5-4-9-18-7-2-1-3-8-18)31-25(16-21)12-6-11-20(32-25)14-23(27)30-22/h1-3,7-8,19-22,26H,4-6,9-17H2/t19-,20-,21-,22-,25+/m1/s1. The molecule has 3 bridgehead atoms. The van der Waals surface area contributed by atoms with Crippen LogP contribution in [0.25, 0.3) is 0 Å². The fourth-order valence-corrected chi connectivity index (χ4v) is 5.12. The predicted molar refractivity (Wildman–Crippen MR) is 116 cm³/mol. The lowest BCUT2D eigenvalue weighted by molar-refractivity contribution is -0.329. The molecule has 176 valence electrons. The zero-order chi connectivity index (χ0) is 22.4. The number of esters is 2. The van der Waals surface area contributed by atoms with E-state index in [1.807, 2.05) is 6.07 Å². The maximum absolute atomic E-state index is 12.5. The third-order valence-electron chi connectivity index (χ3n) is 6.58. The molecule has 32 heavy (non-hydrogen) atoms. The van der Waals surface area contributed by atoms with Crippen LogP contribution in [-0.2, 0) is 35.0 Å². The Balaban J connectivity index is 1.41. The van der Waals surface area contributed by atoms with Crippen LogP contribution >= 0.6 is 0 Å². The Labute approximate surface area is 189 Å². The summed E-state index contributed by atoms with van der Waals surface area (Å²) in [6.45, 7) is -0.409. The first kappa shape index (κ1) is 23.2. The molecule has 4 rings (SSSR count). The minimum Gasteiger partial charge on any atom is -0.462 e. The first-order valence-corrected chi connectivity index (χ1v) is 11.9. The summed E-state index contributed by atoms with van der Waals surface area (Å²) >= 11 is 0. The lowest BCUT2D eigenvalue weighted by Gasteiger charge is -2.48. The lowest BCUT2D eigenvalue weighted by atomic mass is 9.89. The molecule has 0 saturated carbocycles. The molecule has 3 aliphatic rings. The zero-order valence-corrected chi connectivity index (χ0v) is 18.6. The van der Waals surface area contributed by atoms with Gasteiger partial charge >= 0.3 is 11.9 Å². The van der Waals surface area contributed by atoms with E-state index >= 15 is 0 Å². The first-order valence-electron chi connectivity index (χ1n) is 11.9.